The third-order valence-electron chi connectivity index (χ3n) is 6.04. The standard InChI is InChI=1S/C24H27N5O4/c1-28-10-12-33-22-17(13-16-3-5-18(6-4-16)29-9-2-8-25-29)14-19(26-23(22)28)24(31)27-20-15-32-11-7-21(20)30/h2-6,8-9,14,20-21,30H,7,10-13,15H2,1H3,(H,27,31). The van der Waals surface area contributed by atoms with E-state index in [2.05, 4.69) is 15.4 Å². The normalized spacial score (nSPS) is 20.1. The number of anilines is 1. The largest absolute Gasteiger partial charge is 0.488 e. The van der Waals surface area contributed by atoms with E-state index in [0.29, 0.717) is 49.9 Å². The number of carbonyl (C=O) groups is 1. The summed E-state index contributed by atoms with van der Waals surface area (Å²) >= 11 is 0. The first kappa shape index (κ1) is 21.4. The summed E-state index contributed by atoms with van der Waals surface area (Å²) in [6.07, 6.45) is 4.11. The van der Waals surface area contributed by atoms with Crippen LogP contribution in [0.15, 0.2) is 48.8 Å². The average Bonchev–Trinajstić information content (AvgIpc) is 3.36. The van der Waals surface area contributed by atoms with Crippen LogP contribution in [-0.2, 0) is 11.2 Å². The van der Waals surface area contributed by atoms with Gasteiger partial charge in [-0.1, -0.05) is 12.1 Å². The fourth-order valence-electron chi connectivity index (χ4n) is 4.14. The third-order valence-corrected chi connectivity index (χ3v) is 6.04. The van der Waals surface area contributed by atoms with Gasteiger partial charge in [-0.3, -0.25) is 4.79 Å². The van der Waals surface area contributed by atoms with E-state index < -0.39 is 12.1 Å². The van der Waals surface area contributed by atoms with Gasteiger partial charge in [0.15, 0.2) is 11.6 Å². The number of ether oxygens (including phenoxy) is 2. The minimum atomic E-state index is -0.626. The molecule has 172 valence electrons. The van der Waals surface area contributed by atoms with Crippen molar-refractivity contribution in [2.45, 2.75) is 25.0 Å². The number of benzene rings is 1. The molecular weight excluding hydrogens is 422 g/mol. The van der Waals surface area contributed by atoms with Crippen molar-refractivity contribution in [2.75, 3.05) is 38.3 Å². The van der Waals surface area contributed by atoms with E-state index in [0.717, 1.165) is 16.8 Å². The van der Waals surface area contributed by atoms with Crippen molar-refractivity contribution >= 4 is 11.7 Å². The number of pyridine rings is 1. The van der Waals surface area contributed by atoms with E-state index in [1.54, 1.807) is 12.3 Å². The summed E-state index contributed by atoms with van der Waals surface area (Å²) in [7, 11) is 1.94. The maximum atomic E-state index is 13.0. The molecule has 0 radical (unpaired) electrons. The fraction of sp³-hybridized carbons (Fsp3) is 0.375. The van der Waals surface area contributed by atoms with Gasteiger partial charge in [0, 0.05) is 38.0 Å². The zero-order valence-corrected chi connectivity index (χ0v) is 18.5. The molecule has 9 heteroatoms. The Morgan fingerprint density at radius 3 is 2.88 bits per heavy atom. The van der Waals surface area contributed by atoms with Gasteiger partial charge in [0.25, 0.3) is 5.91 Å². The number of fused-ring (bicyclic) bond motifs is 1. The van der Waals surface area contributed by atoms with Gasteiger partial charge in [0.1, 0.15) is 12.3 Å². The van der Waals surface area contributed by atoms with E-state index in [1.807, 2.05) is 53.2 Å². The molecule has 0 spiro atoms. The Balaban J connectivity index is 1.42. The molecular formula is C24H27N5O4. The second kappa shape index (κ2) is 9.21. The van der Waals surface area contributed by atoms with Crippen LogP contribution >= 0.6 is 0 Å². The van der Waals surface area contributed by atoms with Crippen LogP contribution < -0.4 is 15.0 Å². The van der Waals surface area contributed by atoms with Crippen LogP contribution in [0.3, 0.4) is 0 Å². The molecule has 2 atom stereocenters. The molecule has 0 aliphatic carbocycles. The number of aliphatic hydroxyl groups is 1. The lowest BCUT2D eigenvalue weighted by Gasteiger charge is -2.30. The smallest absolute Gasteiger partial charge is 0.270 e. The van der Waals surface area contributed by atoms with Gasteiger partial charge in [-0.2, -0.15) is 5.10 Å². The molecule has 2 aliphatic heterocycles. The number of nitrogens with one attached hydrogen (secondary N) is 1. The molecule has 0 saturated carbocycles. The minimum absolute atomic E-state index is 0.288. The molecule has 2 N–H and O–H groups in total. The molecule has 5 rings (SSSR count). The monoisotopic (exact) mass is 449 g/mol. The topological polar surface area (TPSA) is 102 Å². The van der Waals surface area contributed by atoms with E-state index >= 15 is 0 Å². The van der Waals surface area contributed by atoms with Gasteiger partial charge in [-0.05, 0) is 36.2 Å². The highest BCUT2D eigenvalue weighted by Crippen LogP contribution is 2.34. The van der Waals surface area contributed by atoms with Crippen molar-refractivity contribution in [3.63, 3.8) is 0 Å². The number of carbonyl (C=O) groups excluding carboxylic acids is 1. The highest BCUT2D eigenvalue weighted by molar-refractivity contribution is 5.93. The molecule has 1 aromatic carbocycles. The highest BCUT2D eigenvalue weighted by atomic mass is 16.5. The Bertz CT molecular complexity index is 1120. The van der Waals surface area contributed by atoms with Crippen LogP contribution in [0.4, 0.5) is 5.82 Å². The van der Waals surface area contributed by atoms with Crippen molar-refractivity contribution < 1.29 is 19.4 Å². The summed E-state index contributed by atoms with van der Waals surface area (Å²) in [6, 6.07) is 11.3. The molecule has 33 heavy (non-hydrogen) atoms. The number of rotatable bonds is 5. The van der Waals surface area contributed by atoms with Gasteiger partial charge in [0.2, 0.25) is 0 Å². The van der Waals surface area contributed by atoms with Gasteiger partial charge >= 0.3 is 0 Å². The average molecular weight is 450 g/mol. The lowest BCUT2D eigenvalue weighted by Crippen LogP contribution is -2.49. The van der Waals surface area contributed by atoms with E-state index in [1.165, 1.54) is 0 Å². The Morgan fingerprint density at radius 1 is 1.27 bits per heavy atom. The summed E-state index contributed by atoms with van der Waals surface area (Å²) in [6.45, 7) is 2.04. The summed E-state index contributed by atoms with van der Waals surface area (Å²) in [4.78, 5) is 19.6. The number of likely N-dealkylation sites (N-methyl/N-ethyl adjacent to an activating group) is 1. The van der Waals surface area contributed by atoms with Crippen molar-refractivity contribution in [2.24, 2.45) is 0 Å². The summed E-state index contributed by atoms with van der Waals surface area (Å²) in [5.41, 5.74) is 3.25. The fourth-order valence-corrected chi connectivity index (χ4v) is 4.14. The van der Waals surface area contributed by atoms with Gasteiger partial charge in [-0.25, -0.2) is 9.67 Å². The van der Waals surface area contributed by atoms with Crippen molar-refractivity contribution in [3.05, 3.63) is 65.6 Å². The molecule has 1 saturated heterocycles. The first-order chi connectivity index (χ1) is 16.1. The zero-order chi connectivity index (χ0) is 22.8. The van der Waals surface area contributed by atoms with Gasteiger partial charge in [-0.15, -0.1) is 0 Å². The molecule has 2 aromatic heterocycles. The maximum absolute atomic E-state index is 13.0. The molecule has 0 bridgehead atoms. The lowest BCUT2D eigenvalue weighted by molar-refractivity contribution is -0.0140. The molecule has 2 aliphatic rings. The molecule has 4 heterocycles. The third kappa shape index (κ3) is 4.55. The lowest BCUT2D eigenvalue weighted by atomic mass is 10.0. The molecule has 1 fully saturated rings. The first-order valence-corrected chi connectivity index (χ1v) is 11.1. The predicted molar refractivity (Wildman–Crippen MR) is 122 cm³/mol. The van der Waals surface area contributed by atoms with Crippen LogP contribution in [-0.4, -0.2) is 71.3 Å². The quantitative estimate of drug-likeness (QED) is 0.610. The predicted octanol–water partition coefficient (Wildman–Crippen LogP) is 1.57. The van der Waals surface area contributed by atoms with Crippen LogP contribution in [0.1, 0.15) is 28.0 Å². The van der Waals surface area contributed by atoms with E-state index in [-0.39, 0.29) is 12.5 Å². The second-order valence-electron chi connectivity index (χ2n) is 8.39. The Hall–Kier alpha value is -3.43. The Morgan fingerprint density at radius 2 is 2.12 bits per heavy atom. The van der Waals surface area contributed by atoms with E-state index in [4.69, 9.17) is 9.47 Å². The number of hydrogen-bond acceptors (Lipinski definition) is 7. The Kier molecular flexibility index (Phi) is 5.97. The van der Waals surface area contributed by atoms with Crippen LogP contribution in [0.5, 0.6) is 5.75 Å². The highest BCUT2D eigenvalue weighted by Gasteiger charge is 2.28. The summed E-state index contributed by atoms with van der Waals surface area (Å²) in [5, 5.41) is 17.3. The van der Waals surface area contributed by atoms with Crippen molar-refractivity contribution in [1.82, 2.24) is 20.1 Å². The minimum Gasteiger partial charge on any atom is -0.488 e. The number of nitrogens with zero attached hydrogens (tertiary/aromatic N) is 4. The maximum Gasteiger partial charge on any atom is 0.270 e. The van der Waals surface area contributed by atoms with Gasteiger partial charge in [0.05, 0.1) is 31.0 Å². The molecule has 2 unspecified atom stereocenters. The molecule has 1 amide bonds. The van der Waals surface area contributed by atoms with Gasteiger partial charge < -0.3 is 24.8 Å². The van der Waals surface area contributed by atoms with Crippen molar-refractivity contribution in [1.29, 1.82) is 0 Å². The van der Waals surface area contributed by atoms with E-state index in [9.17, 15) is 9.90 Å². The summed E-state index contributed by atoms with van der Waals surface area (Å²) in [5.74, 6) is 1.02. The second-order valence-corrected chi connectivity index (χ2v) is 8.39. The molecule has 3 aromatic rings. The first-order valence-electron chi connectivity index (χ1n) is 11.1. The summed E-state index contributed by atoms with van der Waals surface area (Å²) < 4.78 is 13.2. The Labute approximate surface area is 192 Å². The molecule has 9 nitrogen and oxygen atoms in total. The SMILES string of the molecule is CN1CCOc2c(Cc3ccc(-n4cccn4)cc3)cc(C(=O)NC3COCCC3O)nc21. The number of hydrogen-bond donors (Lipinski definition) is 2. The number of amides is 1. The number of aliphatic hydroxyl groups excluding tert-OH is 1. The van der Waals surface area contributed by atoms with Crippen molar-refractivity contribution in [3.8, 4) is 11.4 Å². The zero-order valence-electron chi connectivity index (χ0n) is 18.5. The van der Waals surface area contributed by atoms with Crippen LogP contribution in [0.2, 0.25) is 0 Å². The van der Waals surface area contributed by atoms with Crippen LogP contribution in [0, 0.1) is 0 Å². The number of aromatic nitrogens is 3. The van der Waals surface area contributed by atoms with Crippen LogP contribution in [0.25, 0.3) is 5.69 Å².